The number of aliphatic hydroxyl groups is 1. The topological polar surface area (TPSA) is 61.8 Å². The lowest BCUT2D eigenvalue weighted by molar-refractivity contribution is 0.204. The van der Waals surface area contributed by atoms with Gasteiger partial charge in [-0.05, 0) is 49.9 Å². The highest BCUT2D eigenvalue weighted by Gasteiger charge is 2.32. The summed E-state index contributed by atoms with van der Waals surface area (Å²) in [4.78, 5) is 14.4. The number of unbranched alkanes of at least 4 members (excludes halogenated alkanes) is 1. The Hall–Kier alpha value is -2.53. The van der Waals surface area contributed by atoms with Crippen LogP contribution in [0.15, 0.2) is 54.6 Å². The number of aliphatic hydroxyl groups excluding tert-OH is 1. The molecule has 3 rings (SSSR count). The Balaban J connectivity index is 1.61. The number of ether oxygens (including phenoxy) is 1. The van der Waals surface area contributed by atoms with Crippen LogP contribution in [0.5, 0.6) is 11.5 Å². The number of para-hydroxylation sites is 1. The van der Waals surface area contributed by atoms with Gasteiger partial charge in [0, 0.05) is 30.9 Å². The Morgan fingerprint density at radius 1 is 1.08 bits per heavy atom. The van der Waals surface area contributed by atoms with E-state index in [1.165, 1.54) is 0 Å². The lowest BCUT2D eigenvalue weighted by Crippen LogP contribution is -2.37. The largest absolute Gasteiger partial charge is 0.457 e. The molecule has 1 saturated carbocycles. The Kier molecular flexibility index (Phi) is 5.90. The molecule has 0 aliphatic heterocycles. The third kappa shape index (κ3) is 5.22. The molecule has 0 radical (unpaired) electrons. The first-order valence-electron chi connectivity index (χ1n) is 8.78. The molecule has 0 saturated heterocycles. The van der Waals surface area contributed by atoms with Gasteiger partial charge < -0.3 is 20.1 Å². The number of rotatable bonds is 8. The highest BCUT2D eigenvalue weighted by molar-refractivity contribution is 5.90. The third-order valence-electron chi connectivity index (χ3n) is 4.12. The molecule has 2 aromatic carbocycles. The second-order valence-corrected chi connectivity index (χ2v) is 6.23. The van der Waals surface area contributed by atoms with Crippen molar-refractivity contribution in [3.05, 3.63) is 54.6 Å². The van der Waals surface area contributed by atoms with Crippen molar-refractivity contribution in [1.29, 1.82) is 0 Å². The Bertz CT molecular complexity index is 686. The lowest BCUT2D eigenvalue weighted by atomic mass is 10.3. The number of nitrogens with zero attached hydrogens (tertiary/aromatic N) is 1. The number of hydrogen-bond donors (Lipinski definition) is 2. The second kappa shape index (κ2) is 8.53. The van der Waals surface area contributed by atoms with Crippen molar-refractivity contribution in [2.75, 3.05) is 18.5 Å². The first-order chi connectivity index (χ1) is 12.3. The van der Waals surface area contributed by atoms with Crippen molar-refractivity contribution in [2.45, 2.75) is 31.7 Å². The van der Waals surface area contributed by atoms with Crippen molar-refractivity contribution in [1.82, 2.24) is 4.90 Å². The molecule has 1 aliphatic carbocycles. The maximum atomic E-state index is 12.6. The molecule has 1 aliphatic rings. The van der Waals surface area contributed by atoms with Crippen molar-refractivity contribution in [3.63, 3.8) is 0 Å². The number of carbonyl (C=O) groups excluding carboxylic acids is 1. The Morgan fingerprint density at radius 2 is 1.84 bits per heavy atom. The standard InChI is InChI=1S/C20H24N2O3/c23-14-5-4-13-22(17-11-12-17)20(24)21-16-7-6-10-19(15-16)25-18-8-2-1-3-9-18/h1-3,6-10,15,17,23H,4-5,11-14H2,(H,21,24). The van der Waals surface area contributed by atoms with Crippen LogP contribution in [0, 0.1) is 0 Å². The minimum atomic E-state index is -0.0858. The van der Waals surface area contributed by atoms with Crippen LogP contribution in [0.1, 0.15) is 25.7 Å². The predicted molar refractivity (Wildman–Crippen MR) is 98.0 cm³/mol. The van der Waals surface area contributed by atoms with Crippen LogP contribution in [0.25, 0.3) is 0 Å². The molecule has 5 heteroatoms. The zero-order chi connectivity index (χ0) is 17.5. The fraction of sp³-hybridized carbons (Fsp3) is 0.350. The molecule has 25 heavy (non-hydrogen) atoms. The zero-order valence-corrected chi connectivity index (χ0v) is 14.2. The SMILES string of the molecule is O=C(Nc1cccc(Oc2ccccc2)c1)N(CCCCO)C1CC1. The average Bonchev–Trinajstić information content (AvgIpc) is 3.45. The van der Waals surface area contributed by atoms with Crippen LogP contribution in [0.3, 0.4) is 0 Å². The van der Waals surface area contributed by atoms with E-state index in [1.54, 1.807) is 0 Å². The first kappa shape index (κ1) is 17.3. The van der Waals surface area contributed by atoms with Gasteiger partial charge in [-0.2, -0.15) is 0 Å². The molecule has 1 fully saturated rings. The third-order valence-corrected chi connectivity index (χ3v) is 4.12. The van der Waals surface area contributed by atoms with E-state index in [9.17, 15) is 4.79 Å². The molecule has 132 valence electrons. The summed E-state index contributed by atoms with van der Waals surface area (Å²) in [5.41, 5.74) is 0.714. The second-order valence-electron chi connectivity index (χ2n) is 6.23. The zero-order valence-electron chi connectivity index (χ0n) is 14.2. The van der Waals surface area contributed by atoms with Crippen LogP contribution in [-0.4, -0.2) is 35.2 Å². The fourth-order valence-corrected chi connectivity index (χ4v) is 2.69. The van der Waals surface area contributed by atoms with Gasteiger partial charge in [-0.3, -0.25) is 0 Å². The molecule has 0 spiro atoms. The van der Waals surface area contributed by atoms with E-state index in [2.05, 4.69) is 5.32 Å². The number of amides is 2. The van der Waals surface area contributed by atoms with Gasteiger partial charge in [0.2, 0.25) is 0 Å². The summed E-state index contributed by atoms with van der Waals surface area (Å²) < 4.78 is 5.81. The van der Waals surface area contributed by atoms with Crippen LogP contribution in [0.2, 0.25) is 0 Å². The molecular formula is C20H24N2O3. The minimum Gasteiger partial charge on any atom is -0.457 e. The van der Waals surface area contributed by atoms with Crippen molar-refractivity contribution in [3.8, 4) is 11.5 Å². The molecule has 2 aromatic rings. The quantitative estimate of drug-likeness (QED) is 0.706. The summed E-state index contributed by atoms with van der Waals surface area (Å²) in [7, 11) is 0. The molecule has 2 N–H and O–H groups in total. The monoisotopic (exact) mass is 340 g/mol. The van der Waals surface area contributed by atoms with E-state index in [1.807, 2.05) is 59.5 Å². The maximum absolute atomic E-state index is 12.6. The molecule has 2 amide bonds. The van der Waals surface area contributed by atoms with Gasteiger partial charge in [-0.15, -0.1) is 0 Å². The lowest BCUT2D eigenvalue weighted by Gasteiger charge is -2.23. The van der Waals surface area contributed by atoms with Gasteiger partial charge >= 0.3 is 6.03 Å². The van der Waals surface area contributed by atoms with Gasteiger partial charge in [0.05, 0.1) is 0 Å². The smallest absolute Gasteiger partial charge is 0.322 e. The Morgan fingerprint density at radius 3 is 2.56 bits per heavy atom. The average molecular weight is 340 g/mol. The number of nitrogens with one attached hydrogen (secondary N) is 1. The van der Waals surface area contributed by atoms with E-state index in [0.717, 1.165) is 31.4 Å². The van der Waals surface area contributed by atoms with Crippen LogP contribution < -0.4 is 10.1 Å². The van der Waals surface area contributed by atoms with E-state index in [-0.39, 0.29) is 12.6 Å². The molecular weight excluding hydrogens is 316 g/mol. The number of anilines is 1. The summed E-state index contributed by atoms with van der Waals surface area (Å²) in [6, 6.07) is 17.2. The number of benzene rings is 2. The van der Waals surface area contributed by atoms with E-state index < -0.39 is 0 Å². The highest BCUT2D eigenvalue weighted by atomic mass is 16.5. The van der Waals surface area contributed by atoms with E-state index >= 15 is 0 Å². The number of carbonyl (C=O) groups is 1. The van der Waals surface area contributed by atoms with Gasteiger partial charge in [0.15, 0.2) is 0 Å². The van der Waals surface area contributed by atoms with Gasteiger partial charge in [0.25, 0.3) is 0 Å². The summed E-state index contributed by atoms with van der Waals surface area (Å²) in [6.07, 6.45) is 3.65. The highest BCUT2D eigenvalue weighted by Crippen LogP contribution is 2.29. The van der Waals surface area contributed by atoms with Gasteiger partial charge in [-0.25, -0.2) is 4.79 Å². The molecule has 0 bridgehead atoms. The minimum absolute atomic E-state index is 0.0858. The number of hydrogen-bond acceptors (Lipinski definition) is 3. The normalized spacial score (nSPS) is 13.3. The van der Waals surface area contributed by atoms with Crippen molar-refractivity contribution >= 4 is 11.7 Å². The van der Waals surface area contributed by atoms with E-state index in [0.29, 0.717) is 24.0 Å². The van der Waals surface area contributed by atoms with Crippen LogP contribution >= 0.6 is 0 Å². The van der Waals surface area contributed by atoms with Crippen molar-refractivity contribution < 1.29 is 14.6 Å². The molecule has 5 nitrogen and oxygen atoms in total. The van der Waals surface area contributed by atoms with E-state index in [4.69, 9.17) is 9.84 Å². The maximum Gasteiger partial charge on any atom is 0.322 e. The predicted octanol–water partition coefficient (Wildman–Crippen LogP) is 4.25. The van der Waals surface area contributed by atoms with Gasteiger partial charge in [0.1, 0.15) is 11.5 Å². The molecule has 0 aromatic heterocycles. The van der Waals surface area contributed by atoms with Crippen LogP contribution in [0.4, 0.5) is 10.5 Å². The summed E-state index contributed by atoms with van der Waals surface area (Å²) in [5.74, 6) is 1.44. The van der Waals surface area contributed by atoms with Gasteiger partial charge in [-0.1, -0.05) is 24.3 Å². The molecule has 0 heterocycles. The molecule has 0 atom stereocenters. The Labute approximate surface area is 148 Å². The van der Waals surface area contributed by atoms with Crippen molar-refractivity contribution in [2.24, 2.45) is 0 Å². The summed E-state index contributed by atoms with van der Waals surface area (Å²) in [5, 5.41) is 11.9. The first-order valence-corrected chi connectivity index (χ1v) is 8.78. The van der Waals surface area contributed by atoms with Crippen LogP contribution in [-0.2, 0) is 0 Å². The fourth-order valence-electron chi connectivity index (χ4n) is 2.69. The molecule has 0 unspecified atom stereocenters. The summed E-state index contributed by atoms with van der Waals surface area (Å²) in [6.45, 7) is 0.844. The summed E-state index contributed by atoms with van der Waals surface area (Å²) >= 11 is 0. The number of urea groups is 1.